The largest absolute Gasteiger partial charge is 0.478 e. The van der Waals surface area contributed by atoms with E-state index in [1.165, 1.54) is 6.07 Å². The number of benzene rings is 1. The molecule has 0 saturated carbocycles. The van der Waals surface area contributed by atoms with E-state index in [1.54, 1.807) is 19.2 Å². The number of aromatic nitrogens is 2. The number of hydrogen-bond donors (Lipinski definition) is 2. The summed E-state index contributed by atoms with van der Waals surface area (Å²) in [6, 6.07) is 3.29. The molecule has 120 valence electrons. The van der Waals surface area contributed by atoms with Crippen LogP contribution in [0, 0.1) is 13.8 Å². The maximum atomic E-state index is 12.6. The molecule has 2 aromatic rings. The van der Waals surface area contributed by atoms with Crippen molar-refractivity contribution in [3.8, 4) is 0 Å². The van der Waals surface area contributed by atoms with Crippen LogP contribution in [0.2, 0.25) is 0 Å². The lowest BCUT2D eigenvalue weighted by Crippen LogP contribution is -2.18. The highest BCUT2D eigenvalue weighted by atomic mass is 16.4. The molecule has 6 heteroatoms. The smallest absolute Gasteiger partial charge is 0.336 e. The average Bonchev–Trinajstić information content (AvgIpc) is 2.93. The van der Waals surface area contributed by atoms with Gasteiger partial charge in [-0.15, -0.1) is 0 Å². The van der Waals surface area contributed by atoms with Gasteiger partial charge in [0, 0.05) is 12.2 Å². The van der Waals surface area contributed by atoms with Crippen molar-refractivity contribution in [3.63, 3.8) is 0 Å². The van der Waals surface area contributed by atoms with Crippen LogP contribution < -0.4 is 5.32 Å². The summed E-state index contributed by atoms with van der Waals surface area (Å²) >= 11 is 0. The molecule has 2 N–H and O–H groups in total. The third-order valence-electron chi connectivity index (χ3n) is 4.28. The number of carbonyl (C=O) groups is 2. The molecule has 0 aliphatic carbocycles. The highest BCUT2D eigenvalue weighted by Gasteiger charge is 2.21. The summed E-state index contributed by atoms with van der Waals surface area (Å²) in [6.07, 6.45) is 4.57. The van der Waals surface area contributed by atoms with Crippen LogP contribution >= 0.6 is 0 Å². The second-order valence-corrected chi connectivity index (χ2v) is 5.93. The first-order valence-electron chi connectivity index (χ1n) is 7.68. The summed E-state index contributed by atoms with van der Waals surface area (Å²) in [4.78, 5) is 23.8. The Kier molecular flexibility index (Phi) is 3.90. The minimum Gasteiger partial charge on any atom is -0.478 e. The summed E-state index contributed by atoms with van der Waals surface area (Å²) in [7, 11) is 0. The van der Waals surface area contributed by atoms with Crippen molar-refractivity contribution in [1.29, 1.82) is 0 Å². The highest BCUT2D eigenvalue weighted by Crippen LogP contribution is 2.23. The molecule has 0 saturated heterocycles. The maximum absolute atomic E-state index is 12.6. The summed E-state index contributed by atoms with van der Waals surface area (Å²) in [5.41, 5.74) is 3.76. The Hall–Kier alpha value is -2.63. The Morgan fingerprint density at radius 2 is 1.96 bits per heavy atom. The number of carbonyl (C=O) groups excluding carboxylic acids is 1. The van der Waals surface area contributed by atoms with Crippen molar-refractivity contribution in [2.24, 2.45) is 0 Å². The van der Waals surface area contributed by atoms with Gasteiger partial charge in [0.2, 0.25) is 0 Å². The van der Waals surface area contributed by atoms with E-state index < -0.39 is 5.97 Å². The van der Waals surface area contributed by atoms with E-state index in [-0.39, 0.29) is 11.5 Å². The minimum absolute atomic E-state index is 0.197. The Morgan fingerprint density at radius 3 is 2.70 bits per heavy atom. The molecule has 23 heavy (non-hydrogen) atoms. The summed E-state index contributed by atoms with van der Waals surface area (Å²) < 4.78 is 1.88. The van der Waals surface area contributed by atoms with Gasteiger partial charge in [0.1, 0.15) is 0 Å². The molecule has 0 fully saturated rings. The van der Waals surface area contributed by atoms with E-state index in [0.717, 1.165) is 37.1 Å². The number of fused-ring (bicyclic) bond motifs is 1. The minimum atomic E-state index is -0.999. The number of aromatic carboxylic acids is 1. The van der Waals surface area contributed by atoms with Gasteiger partial charge in [0.25, 0.3) is 5.91 Å². The molecule has 3 rings (SSSR count). The number of nitrogens with one attached hydrogen (secondary N) is 1. The van der Waals surface area contributed by atoms with Crippen LogP contribution in [0.1, 0.15) is 50.4 Å². The maximum Gasteiger partial charge on any atom is 0.336 e. The number of carboxylic acids is 1. The Morgan fingerprint density at radius 1 is 1.17 bits per heavy atom. The zero-order valence-corrected chi connectivity index (χ0v) is 13.2. The van der Waals surface area contributed by atoms with Gasteiger partial charge in [-0.1, -0.05) is 6.07 Å². The molecule has 0 bridgehead atoms. The van der Waals surface area contributed by atoms with Crippen LogP contribution in [-0.4, -0.2) is 26.8 Å². The number of carboxylic acid groups (broad SMARTS) is 1. The molecule has 1 aliphatic heterocycles. The van der Waals surface area contributed by atoms with Gasteiger partial charge in [-0.2, -0.15) is 5.10 Å². The monoisotopic (exact) mass is 313 g/mol. The molecule has 1 amide bonds. The van der Waals surface area contributed by atoms with E-state index in [0.29, 0.717) is 16.8 Å². The van der Waals surface area contributed by atoms with Crippen molar-refractivity contribution >= 4 is 17.6 Å². The summed E-state index contributed by atoms with van der Waals surface area (Å²) in [5, 5.41) is 16.3. The predicted molar refractivity (Wildman–Crippen MR) is 86.0 cm³/mol. The second kappa shape index (κ2) is 5.87. The Balaban J connectivity index is 1.90. The van der Waals surface area contributed by atoms with Crippen LogP contribution in [0.25, 0.3) is 0 Å². The fourth-order valence-electron chi connectivity index (χ4n) is 3.02. The third kappa shape index (κ3) is 2.84. The number of aryl methyl sites for hydroxylation is 3. The van der Waals surface area contributed by atoms with E-state index in [9.17, 15) is 14.7 Å². The molecule has 1 aliphatic rings. The standard InChI is InChI=1S/C17H19N3O3/c1-10-7-11(2)14(8-12(10)17(22)23)19-16(21)13-9-18-20-6-4-3-5-15(13)20/h7-9H,3-6H2,1-2H3,(H,19,21)(H,22,23). The lowest BCUT2D eigenvalue weighted by molar-refractivity contribution is 0.0695. The molecule has 0 radical (unpaired) electrons. The number of anilines is 1. The van der Waals surface area contributed by atoms with Gasteiger partial charge in [0.05, 0.1) is 23.0 Å². The van der Waals surface area contributed by atoms with Crippen molar-refractivity contribution in [2.45, 2.75) is 39.7 Å². The van der Waals surface area contributed by atoms with E-state index in [2.05, 4.69) is 10.4 Å². The normalized spacial score (nSPS) is 13.5. The van der Waals surface area contributed by atoms with Gasteiger partial charge in [-0.25, -0.2) is 4.79 Å². The van der Waals surface area contributed by atoms with Crippen molar-refractivity contribution in [2.75, 3.05) is 5.32 Å². The SMILES string of the molecule is Cc1cc(C)c(C(=O)O)cc1NC(=O)c1cnn2c1CCCC2. The van der Waals surface area contributed by atoms with Crippen LogP contribution in [0.15, 0.2) is 18.3 Å². The van der Waals surface area contributed by atoms with E-state index in [1.807, 2.05) is 11.6 Å². The zero-order valence-electron chi connectivity index (χ0n) is 13.2. The number of nitrogens with zero attached hydrogens (tertiary/aromatic N) is 2. The Bertz CT molecular complexity index is 793. The second-order valence-electron chi connectivity index (χ2n) is 5.93. The van der Waals surface area contributed by atoms with Gasteiger partial charge in [0.15, 0.2) is 0 Å². The first-order valence-corrected chi connectivity index (χ1v) is 7.68. The first-order chi connectivity index (χ1) is 11.0. The fraction of sp³-hybridized carbons (Fsp3) is 0.353. The molecule has 6 nitrogen and oxygen atoms in total. The van der Waals surface area contributed by atoms with Crippen molar-refractivity contribution in [3.05, 3.63) is 46.3 Å². The molecule has 0 unspecified atom stereocenters. The van der Waals surface area contributed by atoms with Gasteiger partial charge < -0.3 is 10.4 Å². The predicted octanol–water partition coefficient (Wildman–Crippen LogP) is 2.79. The quantitative estimate of drug-likeness (QED) is 0.912. The number of rotatable bonds is 3. The molecule has 1 aromatic carbocycles. The first kappa shape index (κ1) is 15.3. The Labute approximate surface area is 134 Å². The summed E-state index contributed by atoms with van der Waals surface area (Å²) in [6.45, 7) is 4.44. The number of amides is 1. The molecular formula is C17H19N3O3. The summed E-state index contributed by atoms with van der Waals surface area (Å²) in [5.74, 6) is -1.24. The van der Waals surface area contributed by atoms with Crippen LogP contribution in [-0.2, 0) is 13.0 Å². The van der Waals surface area contributed by atoms with Crippen LogP contribution in [0.4, 0.5) is 5.69 Å². The van der Waals surface area contributed by atoms with Gasteiger partial charge in [-0.05, 0) is 50.3 Å². The van der Waals surface area contributed by atoms with Crippen LogP contribution in [0.3, 0.4) is 0 Å². The van der Waals surface area contributed by atoms with Crippen LogP contribution in [0.5, 0.6) is 0 Å². The van der Waals surface area contributed by atoms with Crippen molar-refractivity contribution in [1.82, 2.24) is 9.78 Å². The fourth-order valence-corrected chi connectivity index (χ4v) is 3.02. The molecular weight excluding hydrogens is 294 g/mol. The highest BCUT2D eigenvalue weighted by molar-refractivity contribution is 6.06. The molecule has 0 spiro atoms. The van der Waals surface area contributed by atoms with Gasteiger partial charge >= 0.3 is 5.97 Å². The van der Waals surface area contributed by atoms with E-state index >= 15 is 0 Å². The number of hydrogen-bond acceptors (Lipinski definition) is 3. The average molecular weight is 313 g/mol. The zero-order chi connectivity index (χ0) is 16.6. The molecule has 1 aromatic heterocycles. The molecule has 0 atom stereocenters. The van der Waals surface area contributed by atoms with Gasteiger partial charge in [-0.3, -0.25) is 9.48 Å². The topological polar surface area (TPSA) is 84.2 Å². The van der Waals surface area contributed by atoms with Crippen molar-refractivity contribution < 1.29 is 14.7 Å². The lowest BCUT2D eigenvalue weighted by Gasteiger charge is -2.15. The molecule has 2 heterocycles. The lowest BCUT2D eigenvalue weighted by atomic mass is 10.0. The van der Waals surface area contributed by atoms with E-state index in [4.69, 9.17) is 0 Å². The third-order valence-corrected chi connectivity index (χ3v) is 4.28.